The van der Waals surface area contributed by atoms with E-state index in [0.29, 0.717) is 23.5 Å². The molecule has 2 aromatic heterocycles. The molecule has 4 rings (SSSR count). The van der Waals surface area contributed by atoms with Crippen LogP contribution in [0, 0.1) is 0 Å². The summed E-state index contributed by atoms with van der Waals surface area (Å²) in [7, 11) is 0. The number of thioether (sulfide) groups is 1. The number of amides is 1. The van der Waals surface area contributed by atoms with Crippen LogP contribution in [0.25, 0.3) is 11.0 Å². The Labute approximate surface area is 166 Å². The lowest BCUT2D eigenvalue weighted by atomic mass is 10.1. The second-order valence-corrected chi connectivity index (χ2v) is 6.95. The highest BCUT2D eigenvalue weighted by atomic mass is 32.2. The molecule has 0 fully saturated rings. The molecule has 0 atom stereocenters. The minimum atomic E-state index is -0.273. The molecular formula is C22H18N2O3S. The van der Waals surface area contributed by atoms with Crippen molar-refractivity contribution >= 4 is 34.3 Å². The van der Waals surface area contributed by atoms with Crippen LogP contribution in [0.1, 0.15) is 16.1 Å². The predicted molar refractivity (Wildman–Crippen MR) is 110 cm³/mol. The first-order valence-corrected chi connectivity index (χ1v) is 9.98. The van der Waals surface area contributed by atoms with Crippen LogP contribution in [-0.4, -0.2) is 12.2 Å². The summed E-state index contributed by atoms with van der Waals surface area (Å²) < 4.78 is 11.2. The molecule has 4 aromatic rings. The highest BCUT2D eigenvalue weighted by Gasteiger charge is 2.13. The number of para-hydroxylation sites is 1. The fraction of sp³-hybridized carbons (Fsp3) is 0.0909. The zero-order valence-corrected chi connectivity index (χ0v) is 16.0. The molecule has 5 nitrogen and oxygen atoms in total. The zero-order valence-electron chi connectivity index (χ0n) is 15.2. The molecule has 0 saturated heterocycles. The Morgan fingerprint density at radius 2 is 1.89 bits per heavy atom. The van der Waals surface area contributed by atoms with Gasteiger partial charge in [-0.25, -0.2) is 4.99 Å². The Morgan fingerprint density at radius 1 is 1.07 bits per heavy atom. The fourth-order valence-corrected chi connectivity index (χ4v) is 3.17. The lowest BCUT2D eigenvalue weighted by molar-refractivity contribution is 0.0944. The molecule has 0 aliphatic carbocycles. The summed E-state index contributed by atoms with van der Waals surface area (Å²) in [5.41, 5.74) is 2.04. The van der Waals surface area contributed by atoms with Gasteiger partial charge in [0.05, 0.1) is 18.5 Å². The summed E-state index contributed by atoms with van der Waals surface area (Å²) in [5, 5.41) is 3.69. The van der Waals surface area contributed by atoms with Gasteiger partial charge in [0, 0.05) is 10.3 Å². The van der Waals surface area contributed by atoms with Crippen LogP contribution in [-0.2, 0) is 6.54 Å². The van der Waals surface area contributed by atoms with Crippen LogP contribution in [0.3, 0.4) is 0 Å². The number of hydrogen-bond acceptors (Lipinski definition) is 5. The molecule has 0 aliphatic heterocycles. The quantitative estimate of drug-likeness (QED) is 0.492. The number of hydrogen-bond donors (Lipinski definition) is 1. The Bertz CT molecular complexity index is 1160. The van der Waals surface area contributed by atoms with Crippen LogP contribution >= 0.6 is 11.8 Å². The minimum absolute atomic E-state index is 0.271. The van der Waals surface area contributed by atoms with E-state index in [0.717, 1.165) is 16.0 Å². The van der Waals surface area contributed by atoms with E-state index in [1.807, 2.05) is 60.9 Å². The first-order chi connectivity index (χ1) is 13.7. The molecule has 2 heterocycles. The van der Waals surface area contributed by atoms with Crippen molar-refractivity contribution in [3.05, 3.63) is 89.9 Å². The Hall–Kier alpha value is -3.25. The highest BCUT2D eigenvalue weighted by Crippen LogP contribution is 2.20. The van der Waals surface area contributed by atoms with Gasteiger partial charge in [0.15, 0.2) is 0 Å². The highest BCUT2D eigenvalue weighted by molar-refractivity contribution is 7.98. The first kappa shape index (κ1) is 18.1. The van der Waals surface area contributed by atoms with Crippen molar-refractivity contribution in [2.75, 3.05) is 6.26 Å². The second kappa shape index (κ2) is 8.19. The van der Waals surface area contributed by atoms with E-state index < -0.39 is 0 Å². The van der Waals surface area contributed by atoms with Gasteiger partial charge in [-0.05, 0) is 54.8 Å². The van der Waals surface area contributed by atoms with Crippen molar-refractivity contribution in [3.8, 4) is 0 Å². The van der Waals surface area contributed by atoms with Crippen LogP contribution < -0.4 is 10.9 Å². The van der Waals surface area contributed by atoms with Gasteiger partial charge in [-0.3, -0.25) is 4.79 Å². The summed E-state index contributed by atoms with van der Waals surface area (Å²) >= 11 is 1.66. The molecule has 28 heavy (non-hydrogen) atoms. The van der Waals surface area contributed by atoms with Crippen molar-refractivity contribution in [2.45, 2.75) is 11.4 Å². The summed E-state index contributed by atoms with van der Waals surface area (Å²) in [6.45, 7) is 0.292. The zero-order chi connectivity index (χ0) is 19.3. The van der Waals surface area contributed by atoms with Crippen LogP contribution in [0.4, 0.5) is 5.69 Å². The van der Waals surface area contributed by atoms with E-state index in [2.05, 4.69) is 10.3 Å². The maximum absolute atomic E-state index is 12.8. The molecule has 0 spiro atoms. The molecule has 1 amide bonds. The van der Waals surface area contributed by atoms with Crippen molar-refractivity contribution in [1.82, 2.24) is 5.32 Å². The van der Waals surface area contributed by atoms with Gasteiger partial charge in [-0.1, -0.05) is 18.2 Å². The minimum Gasteiger partial charge on any atom is -0.467 e. The number of fused-ring (bicyclic) bond motifs is 1. The summed E-state index contributed by atoms with van der Waals surface area (Å²) in [6.07, 6.45) is 3.60. The van der Waals surface area contributed by atoms with Gasteiger partial charge in [0.25, 0.3) is 5.91 Å². The van der Waals surface area contributed by atoms with Gasteiger partial charge in [-0.2, -0.15) is 0 Å². The third-order valence-electron chi connectivity index (χ3n) is 4.21. The van der Waals surface area contributed by atoms with Crippen molar-refractivity contribution in [2.24, 2.45) is 4.99 Å². The first-order valence-electron chi connectivity index (χ1n) is 8.75. The maximum atomic E-state index is 12.8. The van der Waals surface area contributed by atoms with Crippen molar-refractivity contribution in [3.63, 3.8) is 0 Å². The number of nitrogens with zero attached hydrogens (tertiary/aromatic N) is 1. The van der Waals surface area contributed by atoms with Gasteiger partial charge in [0.2, 0.25) is 5.55 Å². The van der Waals surface area contributed by atoms with Crippen LogP contribution in [0.5, 0.6) is 0 Å². The van der Waals surface area contributed by atoms with Gasteiger partial charge in [0.1, 0.15) is 16.9 Å². The average molecular weight is 390 g/mol. The van der Waals surface area contributed by atoms with E-state index in [9.17, 15) is 4.79 Å². The number of nitrogens with one attached hydrogen (secondary N) is 1. The normalized spacial score (nSPS) is 11.7. The van der Waals surface area contributed by atoms with Gasteiger partial charge >= 0.3 is 0 Å². The van der Waals surface area contributed by atoms with Gasteiger partial charge in [-0.15, -0.1) is 11.8 Å². The summed E-state index contributed by atoms with van der Waals surface area (Å²) in [6, 6.07) is 20.7. The molecular weight excluding hydrogens is 372 g/mol. The molecule has 6 heteroatoms. The predicted octanol–water partition coefficient (Wildman–Crippen LogP) is 4.91. The third kappa shape index (κ3) is 4.02. The molecule has 0 unspecified atom stereocenters. The molecule has 0 saturated carbocycles. The smallest absolute Gasteiger partial charge is 0.257 e. The Morgan fingerprint density at radius 3 is 2.64 bits per heavy atom. The topological polar surface area (TPSA) is 67.7 Å². The fourth-order valence-electron chi connectivity index (χ4n) is 2.76. The van der Waals surface area contributed by atoms with Crippen LogP contribution in [0.15, 0.2) is 91.7 Å². The van der Waals surface area contributed by atoms with E-state index in [1.54, 1.807) is 30.2 Å². The standard InChI is InChI=1S/C22H18N2O3S/c1-28-18-10-8-16(9-11-18)24-22-19(13-15-5-2-3-7-20(15)27-22)21(25)23-14-17-6-4-12-26-17/h2-13H,14H2,1H3,(H,23,25). The van der Waals surface area contributed by atoms with Crippen molar-refractivity contribution < 1.29 is 13.6 Å². The number of furan rings is 1. The molecule has 1 N–H and O–H groups in total. The van der Waals surface area contributed by atoms with E-state index in [4.69, 9.17) is 8.83 Å². The number of rotatable bonds is 5. The molecule has 2 aromatic carbocycles. The monoisotopic (exact) mass is 390 g/mol. The number of carbonyl (C=O) groups is 1. The Kier molecular flexibility index (Phi) is 5.30. The lowest BCUT2D eigenvalue weighted by Crippen LogP contribution is -2.28. The van der Waals surface area contributed by atoms with Crippen molar-refractivity contribution in [1.29, 1.82) is 0 Å². The molecule has 0 radical (unpaired) electrons. The van der Waals surface area contributed by atoms with Gasteiger partial charge < -0.3 is 14.2 Å². The summed E-state index contributed by atoms with van der Waals surface area (Å²) in [5.74, 6) is 0.405. The second-order valence-electron chi connectivity index (χ2n) is 6.07. The van der Waals surface area contributed by atoms with E-state index >= 15 is 0 Å². The van der Waals surface area contributed by atoms with E-state index in [1.165, 1.54) is 0 Å². The lowest BCUT2D eigenvalue weighted by Gasteiger charge is -2.06. The summed E-state index contributed by atoms with van der Waals surface area (Å²) in [4.78, 5) is 18.5. The third-order valence-corrected chi connectivity index (χ3v) is 4.95. The van der Waals surface area contributed by atoms with Crippen LogP contribution in [0.2, 0.25) is 0 Å². The average Bonchev–Trinajstić information content (AvgIpc) is 3.26. The van der Waals surface area contributed by atoms with E-state index in [-0.39, 0.29) is 11.5 Å². The molecule has 0 bridgehead atoms. The number of carbonyl (C=O) groups excluding carboxylic acids is 1. The maximum Gasteiger partial charge on any atom is 0.257 e. The largest absolute Gasteiger partial charge is 0.467 e. The Balaban J connectivity index is 1.75. The molecule has 140 valence electrons. The number of benzene rings is 2. The SMILES string of the molecule is CSc1ccc(N=c2oc3ccccc3cc2C(=O)NCc2ccco2)cc1. The molecule has 0 aliphatic rings.